The zero-order valence-corrected chi connectivity index (χ0v) is 19.0. The highest BCUT2D eigenvalue weighted by atomic mass is 32.2. The Morgan fingerprint density at radius 1 is 1.03 bits per heavy atom. The maximum absolute atomic E-state index is 12.8. The lowest BCUT2D eigenvalue weighted by Gasteiger charge is -2.34. The van der Waals surface area contributed by atoms with E-state index in [1.807, 2.05) is 0 Å². The van der Waals surface area contributed by atoms with E-state index in [4.69, 9.17) is 5.73 Å². The highest BCUT2D eigenvalue weighted by Gasteiger charge is 2.33. The summed E-state index contributed by atoms with van der Waals surface area (Å²) < 4.78 is 63.9. The first-order valence-corrected chi connectivity index (χ1v) is 12.4. The van der Waals surface area contributed by atoms with Gasteiger partial charge in [-0.25, -0.2) is 8.42 Å². The SMILES string of the molecule is N[C@H]1CCC(NC(=O)CNC(=O)c2cccc(C(F)(F)F)c2)C[C@H]1CS(=O)(=O)c1ccccc1. The first kappa shape index (κ1) is 25.7. The third kappa shape index (κ3) is 6.80. The van der Waals surface area contributed by atoms with Crippen LogP contribution in [0.15, 0.2) is 59.5 Å². The number of hydrogen-bond donors (Lipinski definition) is 3. The maximum Gasteiger partial charge on any atom is 0.416 e. The van der Waals surface area contributed by atoms with Crippen molar-refractivity contribution in [3.8, 4) is 0 Å². The van der Waals surface area contributed by atoms with Crippen LogP contribution in [0.5, 0.6) is 0 Å². The minimum atomic E-state index is -4.58. The lowest BCUT2D eigenvalue weighted by Crippen LogP contribution is -2.49. The average Bonchev–Trinajstić information content (AvgIpc) is 2.79. The molecule has 0 radical (unpaired) electrons. The summed E-state index contributed by atoms with van der Waals surface area (Å²) in [6.07, 6.45) is -3.15. The smallest absolute Gasteiger partial charge is 0.352 e. The van der Waals surface area contributed by atoms with Crippen LogP contribution in [0.25, 0.3) is 0 Å². The van der Waals surface area contributed by atoms with Crippen LogP contribution < -0.4 is 16.4 Å². The third-order valence-corrected chi connectivity index (χ3v) is 7.66. The number of halogens is 3. The molecule has 1 aliphatic carbocycles. The van der Waals surface area contributed by atoms with Crippen molar-refractivity contribution in [2.24, 2.45) is 11.7 Å². The van der Waals surface area contributed by atoms with Crippen molar-refractivity contribution in [3.63, 3.8) is 0 Å². The molecular weight excluding hydrogens is 471 g/mol. The van der Waals surface area contributed by atoms with Crippen LogP contribution in [-0.4, -0.2) is 44.6 Å². The number of hydrogen-bond acceptors (Lipinski definition) is 5. The molecule has 11 heteroatoms. The summed E-state index contributed by atoms with van der Waals surface area (Å²) in [5.41, 5.74) is 4.98. The maximum atomic E-state index is 12.8. The molecule has 0 aromatic heterocycles. The van der Waals surface area contributed by atoms with E-state index in [2.05, 4.69) is 10.6 Å². The minimum absolute atomic E-state index is 0.142. The predicted octanol–water partition coefficient (Wildman–Crippen LogP) is 2.52. The fourth-order valence-electron chi connectivity index (χ4n) is 3.99. The zero-order chi connectivity index (χ0) is 24.9. The Bertz CT molecular complexity index is 1120. The predicted molar refractivity (Wildman–Crippen MR) is 120 cm³/mol. The third-order valence-electron chi connectivity index (χ3n) is 5.80. The summed E-state index contributed by atoms with van der Waals surface area (Å²) in [6.45, 7) is -0.426. The number of sulfone groups is 1. The summed E-state index contributed by atoms with van der Waals surface area (Å²) in [5.74, 6) is -1.83. The number of benzene rings is 2. The van der Waals surface area contributed by atoms with E-state index in [0.29, 0.717) is 25.3 Å². The number of carbonyl (C=O) groups is 2. The van der Waals surface area contributed by atoms with Crippen molar-refractivity contribution in [3.05, 3.63) is 65.7 Å². The van der Waals surface area contributed by atoms with Crippen molar-refractivity contribution in [2.45, 2.75) is 42.4 Å². The van der Waals surface area contributed by atoms with Gasteiger partial charge in [0.1, 0.15) is 0 Å². The van der Waals surface area contributed by atoms with Crippen LogP contribution in [0.3, 0.4) is 0 Å². The van der Waals surface area contributed by atoms with Gasteiger partial charge in [0.2, 0.25) is 5.91 Å². The number of alkyl halides is 3. The summed E-state index contributed by atoms with van der Waals surface area (Å²) in [6, 6.07) is 11.3. The average molecular weight is 498 g/mol. The molecule has 0 bridgehead atoms. The summed E-state index contributed by atoms with van der Waals surface area (Å²) in [4.78, 5) is 24.7. The number of carbonyl (C=O) groups excluding carboxylic acids is 2. The van der Waals surface area contributed by atoms with Crippen molar-refractivity contribution < 1.29 is 31.2 Å². The van der Waals surface area contributed by atoms with Crippen LogP contribution in [0.1, 0.15) is 35.2 Å². The van der Waals surface area contributed by atoms with Crippen LogP contribution in [0.4, 0.5) is 13.2 Å². The van der Waals surface area contributed by atoms with E-state index in [1.165, 1.54) is 18.2 Å². The molecule has 2 amide bonds. The minimum Gasteiger partial charge on any atom is -0.352 e. The van der Waals surface area contributed by atoms with Gasteiger partial charge in [0, 0.05) is 17.6 Å². The molecule has 3 atom stereocenters. The molecule has 2 aromatic rings. The summed E-state index contributed by atoms with van der Waals surface area (Å²) in [5, 5.41) is 5.06. The monoisotopic (exact) mass is 497 g/mol. The van der Waals surface area contributed by atoms with Gasteiger partial charge in [-0.1, -0.05) is 24.3 Å². The van der Waals surface area contributed by atoms with Crippen molar-refractivity contribution >= 4 is 21.7 Å². The Kier molecular flexibility index (Phi) is 7.98. The second kappa shape index (κ2) is 10.6. The van der Waals surface area contributed by atoms with Gasteiger partial charge in [-0.3, -0.25) is 9.59 Å². The van der Waals surface area contributed by atoms with E-state index in [9.17, 15) is 31.2 Å². The molecule has 0 saturated heterocycles. The second-order valence-electron chi connectivity index (χ2n) is 8.36. The Balaban J connectivity index is 1.53. The molecule has 0 aliphatic heterocycles. The molecular formula is C23H26F3N3O4S. The highest BCUT2D eigenvalue weighted by Crippen LogP contribution is 2.29. The van der Waals surface area contributed by atoms with Gasteiger partial charge in [0.25, 0.3) is 5.91 Å². The molecule has 7 nitrogen and oxygen atoms in total. The fraction of sp³-hybridized carbons (Fsp3) is 0.391. The Labute approximate surface area is 195 Å². The first-order valence-electron chi connectivity index (χ1n) is 10.7. The van der Waals surface area contributed by atoms with Crippen LogP contribution >= 0.6 is 0 Å². The number of amides is 2. The summed E-state index contributed by atoms with van der Waals surface area (Å²) >= 11 is 0. The van der Waals surface area contributed by atoms with Crippen LogP contribution in [0, 0.1) is 5.92 Å². The molecule has 0 spiro atoms. The Morgan fingerprint density at radius 3 is 2.41 bits per heavy atom. The van der Waals surface area contributed by atoms with Gasteiger partial charge in [-0.15, -0.1) is 0 Å². The van der Waals surface area contributed by atoms with Crippen molar-refractivity contribution in [1.29, 1.82) is 0 Å². The molecule has 184 valence electrons. The molecule has 1 fully saturated rings. The fourth-order valence-corrected chi connectivity index (χ4v) is 5.71. The summed E-state index contributed by atoms with van der Waals surface area (Å²) in [7, 11) is -3.54. The highest BCUT2D eigenvalue weighted by molar-refractivity contribution is 7.91. The van der Waals surface area contributed by atoms with E-state index < -0.39 is 39.9 Å². The van der Waals surface area contributed by atoms with Gasteiger partial charge < -0.3 is 16.4 Å². The van der Waals surface area contributed by atoms with Crippen LogP contribution in [0.2, 0.25) is 0 Å². The number of nitrogens with one attached hydrogen (secondary N) is 2. The van der Waals surface area contributed by atoms with Gasteiger partial charge in [0.05, 0.1) is 22.8 Å². The lowest BCUT2D eigenvalue weighted by atomic mass is 9.83. The molecule has 1 aliphatic rings. The zero-order valence-electron chi connectivity index (χ0n) is 18.2. The molecule has 1 unspecified atom stereocenters. The van der Waals surface area contributed by atoms with Crippen LogP contribution in [-0.2, 0) is 20.8 Å². The number of nitrogens with two attached hydrogens (primary N) is 1. The number of rotatable bonds is 7. The molecule has 34 heavy (non-hydrogen) atoms. The topological polar surface area (TPSA) is 118 Å². The first-order chi connectivity index (χ1) is 16.0. The molecule has 4 N–H and O–H groups in total. The van der Waals surface area contributed by atoms with Crippen molar-refractivity contribution in [2.75, 3.05) is 12.3 Å². The molecule has 0 heterocycles. The lowest BCUT2D eigenvalue weighted by molar-refractivity contribution is -0.137. The largest absolute Gasteiger partial charge is 0.416 e. The van der Waals surface area contributed by atoms with Gasteiger partial charge >= 0.3 is 6.18 Å². The Morgan fingerprint density at radius 2 is 1.74 bits per heavy atom. The standard InChI is InChI=1S/C23H26F3N3O4S/c24-23(25,26)17-6-4-5-15(11-17)22(31)28-13-21(30)29-18-9-10-20(27)16(12-18)14-34(32,33)19-7-2-1-3-8-19/h1-8,11,16,18,20H,9-10,12-14,27H2,(H,28,31)(H,29,30)/t16-,18?,20-/m0/s1. The normalized spacial score (nSPS) is 21.0. The van der Waals surface area contributed by atoms with Gasteiger partial charge in [-0.05, 0) is 55.5 Å². The van der Waals surface area contributed by atoms with Gasteiger partial charge in [-0.2, -0.15) is 13.2 Å². The molecule has 2 aromatic carbocycles. The Hall–Kier alpha value is -2.92. The molecule has 3 rings (SSSR count). The molecule has 1 saturated carbocycles. The van der Waals surface area contributed by atoms with Crippen molar-refractivity contribution in [1.82, 2.24) is 10.6 Å². The van der Waals surface area contributed by atoms with E-state index >= 15 is 0 Å². The van der Waals surface area contributed by atoms with Gasteiger partial charge in [0.15, 0.2) is 9.84 Å². The van der Waals surface area contributed by atoms with E-state index in [-0.39, 0.29) is 34.2 Å². The van der Waals surface area contributed by atoms with E-state index in [0.717, 1.165) is 12.1 Å². The second-order valence-corrected chi connectivity index (χ2v) is 10.4. The van der Waals surface area contributed by atoms with E-state index in [1.54, 1.807) is 18.2 Å². The quantitative estimate of drug-likeness (QED) is 0.543.